The Morgan fingerprint density at radius 3 is 2.40 bits per heavy atom. The predicted molar refractivity (Wildman–Crippen MR) is 159 cm³/mol. The van der Waals surface area contributed by atoms with E-state index in [1.807, 2.05) is 0 Å². The number of alkyl halides is 3. The van der Waals surface area contributed by atoms with Gasteiger partial charge < -0.3 is 14.8 Å². The second kappa shape index (κ2) is 10.2. The van der Waals surface area contributed by atoms with Crippen LogP contribution >= 0.6 is 23.1 Å². The van der Waals surface area contributed by atoms with Gasteiger partial charge in [0.1, 0.15) is 23.2 Å². The van der Waals surface area contributed by atoms with Gasteiger partial charge in [0.25, 0.3) is 0 Å². The number of rotatable bonds is 3. The lowest BCUT2D eigenvalue weighted by Crippen LogP contribution is -2.49. The highest BCUT2D eigenvalue weighted by Gasteiger charge is 2.47. The summed E-state index contributed by atoms with van der Waals surface area (Å²) in [5.74, 6) is -2.67. The van der Waals surface area contributed by atoms with E-state index in [0.717, 1.165) is 23.9 Å². The van der Waals surface area contributed by atoms with E-state index in [1.54, 1.807) is 4.90 Å². The molecule has 7 rings (SSSR count). The number of hydrogen-bond donors (Lipinski definition) is 1. The van der Waals surface area contributed by atoms with Gasteiger partial charge in [-0.3, -0.25) is 19.0 Å². The minimum Gasteiger partial charge on any atom is -0.352 e. The zero-order valence-corrected chi connectivity index (χ0v) is 24.9. The lowest BCUT2D eigenvalue weighted by atomic mass is 9.69. The van der Waals surface area contributed by atoms with E-state index >= 15 is 17.6 Å². The summed E-state index contributed by atoms with van der Waals surface area (Å²) in [6, 6.07) is 1.26. The molecule has 0 radical (unpaired) electrons. The van der Waals surface area contributed by atoms with Crippen molar-refractivity contribution in [2.75, 3.05) is 36.8 Å². The summed E-state index contributed by atoms with van der Waals surface area (Å²) in [4.78, 5) is 59.0. The van der Waals surface area contributed by atoms with Crippen molar-refractivity contribution in [1.82, 2.24) is 19.4 Å². The fourth-order valence-electron chi connectivity index (χ4n) is 6.55. The quantitative estimate of drug-likeness (QED) is 0.253. The van der Waals surface area contributed by atoms with Gasteiger partial charge in [0.2, 0.25) is 5.91 Å². The van der Waals surface area contributed by atoms with Gasteiger partial charge >= 0.3 is 16.7 Å². The van der Waals surface area contributed by atoms with Crippen molar-refractivity contribution >= 4 is 61.7 Å². The first kappa shape index (κ1) is 29.6. The largest absolute Gasteiger partial charge is 0.417 e. The number of piperazine rings is 1. The summed E-state index contributed by atoms with van der Waals surface area (Å²) in [5, 5.41) is -0.0167. The topological polar surface area (TPSA) is 108 Å². The molecule has 0 unspecified atom stereocenters. The first-order valence-electron chi connectivity index (χ1n) is 13.8. The minimum absolute atomic E-state index is 0.00433. The van der Waals surface area contributed by atoms with Gasteiger partial charge in [-0.05, 0) is 12.1 Å². The molecule has 45 heavy (non-hydrogen) atoms. The highest BCUT2D eigenvalue weighted by molar-refractivity contribution is 7.99. The maximum absolute atomic E-state index is 15.7. The van der Waals surface area contributed by atoms with Gasteiger partial charge in [0, 0.05) is 84.2 Å². The molecule has 16 heteroatoms. The molecule has 1 saturated carbocycles. The highest BCUT2D eigenvalue weighted by atomic mass is 32.2. The average Bonchev–Trinajstić information content (AvgIpc) is 3.27. The molecular formula is C29H22F5N5O4S2. The van der Waals surface area contributed by atoms with Crippen molar-refractivity contribution in [3.05, 3.63) is 62.1 Å². The van der Waals surface area contributed by atoms with Crippen LogP contribution in [0.2, 0.25) is 0 Å². The van der Waals surface area contributed by atoms with Crippen molar-refractivity contribution in [2.24, 2.45) is 5.41 Å². The van der Waals surface area contributed by atoms with Crippen LogP contribution in [0.4, 0.5) is 27.8 Å². The van der Waals surface area contributed by atoms with Crippen molar-refractivity contribution in [3.8, 4) is 11.1 Å². The summed E-state index contributed by atoms with van der Waals surface area (Å²) in [6.45, 7) is 4.23. The fourth-order valence-corrected chi connectivity index (χ4v) is 8.76. The van der Waals surface area contributed by atoms with E-state index in [4.69, 9.17) is 0 Å². The molecular weight excluding hydrogens is 641 g/mol. The van der Waals surface area contributed by atoms with Crippen molar-refractivity contribution in [2.45, 2.75) is 30.5 Å². The van der Waals surface area contributed by atoms with Crippen molar-refractivity contribution in [3.63, 3.8) is 0 Å². The van der Waals surface area contributed by atoms with Crippen LogP contribution in [0.3, 0.4) is 0 Å². The van der Waals surface area contributed by atoms with Crippen LogP contribution in [0, 0.1) is 17.0 Å². The third-order valence-electron chi connectivity index (χ3n) is 8.59. The SMILES string of the molecule is C=CC(=O)N1CCN(c2nc(=O)n3c4c(c(-c5c(F)cc(F)c6sc(=O)[nH]c56)c(C(F)(F)F)cc24)SCC2(CC(=O)C2)C3)CC1. The fraction of sp³-hybridized carbons (Fsp3) is 0.345. The number of thiazole rings is 1. The van der Waals surface area contributed by atoms with E-state index in [0.29, 0.717) is 17.4 Å². The highest BCUT2D eigenvalue weighted by Crippen LogP contribution is 2.54. The zero-order valence-electron chi connectivity index (χ0n) is 23.2. The number of nitrogens with one attached hydrogen (secondary N) is 1. The van der Waals surface area contributed by atoms with Crippen LogP contribution in [-0.4, -0.2) is 63.1 Å². The smallest absolute Gasteiger partial charge is 0.352 e. The van der Waals surface area contributed by atoms with E-state index < -0.39 is 56.0 Å². The van der Waals surface area contributed by atoms with Crippen LogP contribution in [0.15, 0.2) is 39.3 Å². The summed E-state index contributed by atoms with van der Waals surface area (Å²) in [7, 11) is 0. The van der Waals surface area contributed by atoms with Crippen LogP contribution in [0.25, 0.3) is 32.2 Å². The molecule has 1 aliphatic carbocycles. The van der Waals surface area contributed by atoms with Crippen LogP contribution in [0.1, 0.15) is 18.4 Å². The zero-order chi connectivity index (χ0) is 32.0. The number of aromatic nitrogens is 3. The number of thioether (sulfide) groups is 1. The normalized spacial score (nSPS) is 18.0. The van der Waals surface area contributed by atoms with Gasteiger partial charge in [-0.25, -0.2) is 13.6 Å². The lowest BCUT2D eigenvalue weighted by Gasteiger charge is -2.39. The molecule has 0 atom stereocenters. The maximum Gasteiger partial charge on any atom is 0.417 e. The third kappa shape index (κ3) is 4.67. The van der Waals surface area contributed by atoms with Crippen LogP contribution in [-0.2, 0) is 22.3 Å². The second-order valence-electron chi connectivity index (χ2n) is 11.5. The second-order valence-corrected chi connectivity index (χ2v) is 13.4. The molecule has 0 bridgehead atoms. The van der Waals surface area contributed by atoms with E-state index in [9.17, 15) is 23.6 Å². The summed E-state index contributed by atoms with van der Waals surface area (Å²) in [6.07, 6.45) is -3.68. The van der Waals surface area contributed by atoms with Gasteiger partial charge in [-0.1, -0.05) is 17.9 Å². The number of nitrogens with zero attached hydrogens (tertiary/aromatic N) is 4. The molecule has 234 valence electrons. The number of carbonyl (C=O) groups is 2. The Morgan fingerprint density at radius 2 is 1.76 bits per heavy atom. The Bertz CT molecular complexity index is 2090. The number of Topliss-reactive ketones (excluding diaryl/α,β-unsaturated/α-hetero) is 1. The minimum atomic E-state index is -5.06. The number of ketones is 1. The number of halogens is 5. The van der Waals surface area contributed by atoms with Gasteiger partial charge in [-0.2, -0.15) is 18.2 Å². The monoisotopic (exact) mass is 663 g/mol. The van der Waals surface area contributed by atoms with Crippen LogP contribution in [0.5, 0.6) is 0 Å². The molecule has 1 N–H and O–H groups in total. The summed E-state index contributed by atoms with van der Waals surface area (Å²) < 4.78 is 76.5. The standard InChI is InChI=1S/C29H22F5N5O4S2/c1-2-18(41)37-3-5-38(6-4-37)25-14-7-15(29(32,33)34)19(20-16(30)8-17(31)23-21(20)35-27(43)45-23)24-22(14)39(26(42)36-25)11-28(12-44-24)9-13(40)10-28/h2,7-8H,1,3-6,9-12H2,(H,35,43). The Labute approximate surface area is 258 Å². The summed E-state index contributed by atoms with van der Waals surface area (Å²) in [5.41, 5.74) is -4.38. The molecule has 4 heterocycles. The van der Waals surface area contributed by atoms with Crippen LogP contribution < -0.4 is 15.5 Å². The number of aromatic amines is 1. The summed E-state index contributed by atoms with van der Waals surface area (Å²) >= 11 is 1.37. The Balaban J connectivity index is 1.56. The Kier molecular flexibility index (Phi) is 6.74. The third-order valence-corrected chi connectivity index (χ3v) is 10.9. The Hall–Kier alpha value is -4.05. The number of H-pyrrole nitrogens is 1. The number of fused-ring (bicyclic) bond motifs is 1. The Morgan fingerprint density at radius 1 is 1.04 bits per heavy atom. The van der Waals surface area contributed by atoms with Crippen molar-refractivity contribution < 1.29 is 31.5 Å². The van der Waals surface area contributed by atoms with E-state index in [2.05, 4.69) is 16.5 Å². The maximum atomic E-state index is 15.7. The molecule has 1 spiro atoms. The number of anilines is 1. The average molecular weight is 664 g/mol. The molecule has 9 nitrogen and oxygen atoms in total. The molecule has 2 fully saturated rings. The lowest BCUT2D eigenvalue weighted by molar-refractivity contribution is -0.137. The molecule has 4 aromatic rings. The first-order valence-corrected chi connectivity index (χ1v) is 15.6. The molecule has 2 aromatic carbocycles. The van der Waals surface area contributed by atoms with Crippen molar-refractivity contribution in [1.29, 1.82) is 0 Å². The number of amides is 1. The molecule has 3 aliphatic rings. The molecule has 2 aromatic heterocycles. The van der Waals surface area contributed by atoms with E-state index in [-0.39, 0.29) is 89.3 Å². The molecule has 2 aliphatic heterocycles. The predicted octanol–water partition coefficient (Wildman–Crippen LogP) is 4.55. The molecule has 1 amide bonds. The number of carbonyl (C=O) groups excluding carboxylic acids is 2. The number of hydrogen-bond acceptors (Lipinski definition) is 8. The molecule has 1 saturated heterocycles. The number of benzene rings is 2. The first-order chi connectivity index (χ1) is 21.3. The van der Waals surface area contributed by atoms with Gasteiger partial charge in [-0.15, -0.1) is 11.8 Å². The van der Waals surface area contributed by atoms with E-state index in [1.165, 1.54) is 9.47 Å². The van der Waals surface area contributed by atoms with Gasteiger partial charge in [0.05, 0.1) is 21.3 Å². The van der Waals surface area contributed by atoms with Gasteiger partial charge in [0.15, 0.2) is 0 Å².